The lowest BCUT2D eigenvalue weighted by atomic mass is 10.1. The van der Waals surface area contributed by atoms with E-state index in [1.807, 2.05) is 0 Å². The lowest BCUT2D eigenvalue weighted by Gasteiger charge is -2.31. The maximum atomic E-state index is 12.5. The fourth-order valence-corrected chi connectivity index (χ4v) is 3.16. The topological polar surface area (TPSA) is 92.8 Å². The van der Waals surface area contributed by atoms with Crippen molar-refractivity contribution in [3.05, 3.63) is 48.2 Å². The van der Waals surface area contributed by atoms with E-state index in [-0.39, 0.29) is 18.0 Å². The van der Waals surface area contributed by atoms with Crippen LogP contribution in [-0.4, -0.2) is 54.7 Å². The number of anilines is 2. The number of nitrogens with one attached hydrogen (secondary N) is 2. The van der Waals surface area contributed by atoms with Crippen molar-refractivity contribution in [2.75, 3.05) is 37.4 Å². The third kappa shape index (κ3) is 5.60. The van der Waals surface area contributed by atoms with Crippen LogP contribution in [0.5, 0.6) is 5.75 Å². The molecule has 0 saturated carbocycles. The molecule has 154 valence electrons. The Morgan fingerprint density at radius 3 is 2.55 bits per heavy atom. The summed E-state index contributed by atoms with van der Waals surface area (Å²) in [5.41, 5.74) is 1.20. The standard InChI is InChI=1S/C21H26N4O4/c1-3-29-21(27)25-12-9-17(10-13-25)23-19-14-15(8-11-22-19)20(26)24-16-4-6-18(28-2)7-5-16/h4-8,11,14,17H,3,9-10,12-13H2,1-2H3,(H,22,23)(H,24,26). The SMILES string of the molecule is CCOC(=O)N1CCC(Nc2cc(C(=O)Nc3ccc(OC)cc3)ccn2)CC1. The molecule has 2 aromatic rings. The van der Waals surface area contributed by atoms with Crippen LogP contribution in [0.4, 0.5) is 16.3 Å². The third-order valence-corrected chi connectivity index (χ3v) is 4.74. The summed E-state index contributed by atoms with van der Waals surface area (Å²) in [6.07, 6.45) is 2.94. The molecule has 1 fully saturated rings. The molecule has 2 heterocycles. The van der Waals surface area contributed by atoms with Crippen LogP contribution in [0.15, 0.2) is 42.6 Å². The van der Waals surface area contributed by atoms with Gasteiger partial charge in [-0.25, -0.2) is 9.78 Å². The number of rotatable bonds is 6. The number of amides is 2. The minimum absolute atomic E-state index is 0.188. The second-order valence-corrected chi connectivity index (χ2v) is 6.72. The van der Waals surface area contributed by atoms with Crippen LogP contribution in [0.3, 0.4) is 0 Å². The molecule has 2 amide bonds. The molecule has 0 radical (unpaired) electrons. The van der Waals surface area contributed by atoms with Crippen LogP contribution in [0.1, 0.15) is 30.1 Å². The maximum Gasteiger partial charge on any atom is 0.409 e. The van der Waals surface area contributed by atoms with Gasteiger partial charge in [0.1, 0.15) is 11.6 Å². The Bertz CT molecular complexity index is 833. The first-order chi connectivity index (χ1) is 14.1. The van der Waals surface area contributed by atoms with Gasteiger partial charge in [-0.3, -0.25) is 4.79 Å². The van der Waals surface area contributed by atoms with Gasteiger partial charge in [0.15, 0.2) is 0 Å². The van der Waals surface area contributed by atoms with Crippen molar-refractivity contribution >= 4 is 23.5 Å². The van der Waals surface area contributed by atoms with Gasteiger partial charge in [0.25, 0.3) is 5.91 Å². The Morgan fingerprint density at radius 1 is 1.17 bits per heavy atom. The second-order valence-electron chi connectivity index (χ2n) is 6.72. The highest BCUT2D eigenvalue weighted by Gasteiger charge is 2.23. The Hall–Kier alpha value is -3.29. The molecule has 1 aromatic carbocycles. The summed E-state index contributed by atoms with van der Waals surface area (Å²) in [5, 5.41) is 6.22. The fourth-order valence-electron chi connectivity index (χ4n) is 3.16. The Labute approximate surface area is 170 Å². The van der Waals surface area contributed by atoms with Crippen molar-refractivity contribution in [2.45, 2.75) is 25.8 Å². The van der Waals surface area contributed by atoms with Gasteiger partial charge >= 0.3 is 6.09 Å². The number of hydrogen-bond donors (Lipinski definition) is 2. The summed E-state index contributed by atoms with van der Waals surface area (Å²) in [5.74, 6) is 1.16. The van der Waals surface area contributed by atoms with Crippen molar-refractivity contribution in [3.63, 3.8) is 0 Å². The minimum atomic E-state index is -0.263. The van der Waals surface area contributed by atoms with Gasteiger partial charge in [-0.05, 0) is 56.2 Å². The molecular weight excluding hydrogens is 372 g/mol. The van der Waals surface area contributed by atoms with E-state index >= 15 is 0 Å². The molecule has 0 aliphatic carbocycles. The molecule has 1 aliphatic rings. The van der Waals surface area contributed by atoms with Crippen molar-refractivity contribution in [1.82, 2.24) is 9.88 Å². The van der Waals surface area contributed by atoms with Crippen LogP contribution in [0.25, 0.3) is 0 Å². The van der Waals surface area contributed by atoms with E-state index < -0.39 is 0 Å². The number of carbonyl (C=O) groups excluding carboxylic acids is 2. The molecule has 0 unspecified atom stereocenters. The summed E-state index contributed by atoms with van der Waals surface area (Å²) in [6, 6.07) is 10.7. The number of methoxy groups -OCH3 is 1. The zero-order valence-electron chi connectivity index (χ0n) is 16.7. The van der Waals surface area contributed by atoms with Gasteiger partial charge in [-0.1, -0.05) is 0 Å². The van der Waals surface area contributed by atoms with Gasteiger partial charge in [-0.2, -0.15) is 0 Å². The molecule has 1 aromatic heterocycles. The fraction of sp³-hybridized carbons (Fsp3) is 0.381. The molecule has 8 heteroatoms. The number of likely N-dealkylation sites (tertiary alicyclic amines) is 1. The summed E-state index contributed by atoms with van der Waals surface area (Å²) < 4.78 is 10.2. The summed E-state index contributed by atoms with van der Waals surface area (Å²) in [7, 11) is 1.60. The van der Waals surface area contributed by atoms with E-state index in [0.29, 0.717) is 36.8 Å². The lowest BCUT2D eigenvalue weighted by Crippen LogP contribution is -2.42. The van der Waals surface area contributed by atoms with Gasteiger partial charge in [0.2, 0.25) is 0 Å². The quantitative estimate of drug-likeness (QED) is 0.775. The van der Waals surface area contributed by atoms with Crippen molar-refractivity contribution in [3.8, 4) is 5.75 Å². The summed E-state index contributed by atoms with van der Waals surface area (Å²) in [6.45, 7) is 3.45. The van der Waals surface area contributed by atoms with Crippen molar-refractivity contribution in [2.24, 2.45) is 0 Å². The van der Waals surface area contributed by atoms with E-state index in [9.17, 15) is 9.59 Å². The number of hydrogen-bond acceptors (Lipinski definition) is 6. The van der Waals surface area contributed by atoms with Gasteiger partial charge in [0, 0.05) is 36.6 Å². The number of carbonyl (C=O) groups is 2. The van der Waals surface area contributed by atoms with Crippen molar-refractivity contribution in [1.29, 1.82) is 0 Å². The average Bonchev–Trinajstić information content (AvgIpc) is 2.75. The van der Waals surface area contributed by atoms with Gasteiger partial charge in [0.05, 0.1) is 13.7 Å². The van der Waals surface area contributed by atoms with Crippen LogP contribution in [0, 0.1) is 0 Å². The van der Waals surface area contributed by atoms with Crippen LogP contribution >= 0.6 is 0 Å². The predicted octanol–water partition coefficient (Wildman–Crippen LogP) is 3.38. The molecule has 29 heavy (non-hydrogen) atoms. The zero-order chi connectivity index (χ0) is 20.6. The third-order valence-electron chi connectivity index (χ3n) is 4.74. The smallest absolute Gasteiger partial charge is 0.409 e. The molecule has 3 rings (SSSR count). The zero-order valence-corrected chi connectivity index (χ0v) is 16.7. The van der Waals surface area contributed by atoms with E-state index in [1.165, 1.54) is 0 Å². The van der Waals surface area contributed by atoms with Crippen molar-refractivity contribution < 1.29 is 19.1 Å². The monoisotopic (exact) mass is 398 g/mol. The van der Waals surface area contributed by atoms with E-state index in [2.05, 4.69) is 15.6 Å². The highest BCUT2D eigenvalue weighted by Crippen LogP contribution is 2.19. The first kappa shape index (κ1) is 20.4. The Balaban J connectivity index is 1.55. The number of nitrogens with zero attached hydrogens (tertiary/aromatic N) is 2. The highest BCUT2D eigenvalue weighted by molar-refractivity contribution is 6.04. The first-order valence-electron chi connectivity index (χ1n) is 9.68. The molecule has 0 spiro atoms. The van der Waals surface area contributed by atoms with E-state index in [1.54, 1.807) is 61.5 Å². The number of piperidine rings is 1. The second kappa shape index (κ2) is 9.77. The molecule has 0 atom stereocenters. The Kier molecular flexibility index (Phi) is 6.89. The average molecular weight is 398 g/mol. The Morgan fingerprint density at radius 2 is 1.90 bits per heavy atom. The lowest BCUT2D eigenvalue weighted by molar-refractivity contribution is 0.0981. The van der Waals surface area contributed by atoms with E-state index in [0.717, 1.165) is 18.6 Å². The largest absolute Gasteiger partial charge is 0.497 e. The summed E-state index contributed by atoms with van der Waals surface area (Å²) in [4.78, 5) is 30.4. The van der Waals surface area contributed by atoms with Crippen LogP contribution in [0.2, 0.25) is 0 Å². The minimum Gasteiger partial charge on any atom is -0.497 e. The number of pyridine rings is 1. The molecule has 1 aliphatic heterocycles. The van der Waals surface area contributed by atoms with Crippen LogP contribution in [-0.2, 0) is 4.74 Å². The molecule has 2 N–H and O–H groups in total. The number of ether oxygens (including phenoxy) is 2. The normalized spacial score (nSPS) is 14.2. The molecule has 0 bridgehead atoms. The molecule has 1 saturated heterocycles. The number of benzene rings is 1. The maximum absolute atomic E-state index is 12.5. The molecular formula is C21H26N4O4. The highest BCUT2D eigenvalue weighted by atomic mass is 16.6. The summed E-state index contributed by atoms with van der Waals surface area (Å²) >= 11 is 0. The molecule has 8 nitrogen and oxygen atoms in total. The predicted molar refractivity (Wildman–Crippen MR) is 110 cm³/mol. The number of aromatic nitrogens is 1. The first-order valence-corrected chi connectivity index (χ1v) is 9.68. The van der Waals surface area contributed by atoms with E-state index in [4.69, 9.17) is 9.47 Å². The van der Waals surface area contributed by atoms with Crippen LogP contribution < -0.4 is 15.4 Å². The van der Waals surface area contributed by atoms with Gasteiger partial charge < -0.3 is 25.0 Å². The van der Waals surface area contributed by atoms with Gasteiger partial charge in [-0.15, -0.1) is 0 Å².